The Morgan fingerprint density at radius 2 is 1.96 bits per heavy atom. The van der Waals surface area contributed by atoms with E-state index in [0.29, 0.717) is 12.1 Å². The van der Waals surface area contributed by atoms with Crippen molar-refractivity contribution in [2.45, 2.75) is 19.3 Å². The van der Waals surface area contributed by atoms with Gasteiger partial charge in [0.05, 0.1) is 23.4 Å². The first-order valence-corrected chi connectivity index (χ1v) is 8.68. The molecule has 6 heteroatoms. The van der Waals surface area contributed by atoms with Gasteiger partial charge in [0.15, 0.2) is 5.41 Å². The molecule has 0 spiro atoms. The fraction of sp³-hybridized carbons (Fsp3) is 0.400. The van der Waals surface area contributed by atoms with E-state index in [2.05, 4.69) is 35.0 Å². The summed E-state index contributed by atoms with van der Waals surface area (Å²) in [7, 11) is 0. The lowest BCUT2D eigenvalue weighted by atomic mass is 9.58. The lowest BCUT2D eigenvalue weighted by molar-refractivity contribution is 0.207. The maximum absolute atomic E-state index is 9.97. The fourth-order valence-electron chi connectivity index (χ4n) is 4.19. The van der Waals surface area contributed by atoms with Crippen LogP contribution in [0.1, 0.15) is 24.8 Å². The smallest absolute Gasteiger partial charge is 0.191 e. The molecule has 0 unspecified atom stereocenters. The van der Waals surface area contributed by atoms with Gasteiger partial charge in [0.2, 0.25) is 0 Å². The second-order valence-corrected chi connectivity index (χ2v) is 6.72. The zero-order valence-electron chi connectivity index (χ0n) is 14.7. The number of rotatable bonds is 3. The van der Waals surface area contributed by atoms with E-state index in [4.69, 9.17) is 5.73 Å². The summed E-state index contributed by atoms with van der Waals surface area (Å²) in [5.74, 6) is -0.581. The highest BCUT2D eigenvalue weighted by Crippen LogP contribution is 2.53. The minimum absolute atomic E-state index is 0.0678. The largest absolute Gasteiger partial charge is 0.399 e. The van der Waals surface area contributed by atoms with Crippen LogP contribution in [0.15, 0.2) is 47.4 Å². The Morgan fingerprint density at radius 1 is 1.27 bits per heavy atom. The third kappa shape index (κ3) is 2.54. The Labute approximate surface area is 153 Å². The van der Waals surface area contributed by atoms with Gasteiger partial charge in [-0.3, -0.25) is 9.88 Å². The van der Waals surface area contributed by atoms with Crippen molar-refractivity contribution in [1.82, 2.24) is 9.88 Å². The van der Waals surface area contributed by atoms with E-state index in [9.17, 15) is 15.8 Å². The molecule has 6 nitrogen and oxygen atoms in total. The summed E-state index contributed by atoms with van der Waals surface area (Å²) >= 11 is 0. The number of hydrogen-bond donors (Lipinski definition) is 1. The van der Waals surface area contributed by atoms with Gasteiger partial charge >= 0.3 is 0 Å². The van der Waals surface area contributed by atoms with Crippen LogP contribution >= 0.6 is 0 Å². The van der Waals surface area contributed by atoms with Gasteiger partial charge in [-0.2, -0.15) is 15.8 Å². The molecule has 3 rings (SSSR count). The van der Waals surface area contributed by atoms with Crippen LogP contribution in [0.2, 0.25) is 0 Å². The molecular formula is C20H20N6. The maximum Gasteiger partial charge on any atom is 0.191 e. The topological polar surface area (TPSA) is 114 Å². The Kier molecular flexibility index (Phi) is 4.76. The Hall–Kier alpha value is -3.14. The number of nitriles is 3. The van der Waals surface area contributed by atoms with Crippen LogP contribution in [0, 0.1) is 45.3 Å². The summed E-state index contributed by atoms with van der Waals surface area (Å²) in [5.41, 5.74) is 6.76. The maximum atomic E-state index is 9.97. The molecule has 2 N–H and O–H groups in total. The molecule has 26 heavy (non-hydrogen) atoms. The number of aromatic nitrogens is 1. The summed E-state index contributed by atoms with van der Waals surface area (Å²) in [6, 6.07) is 10.1. The molecule has 1 aliphatic carbocycles. The molecule has 2 aliphatic rings. The third-order valence-corrected chi connectivity index (χ3v) is 5.35. The first-order chi connectivity index (χ1) is 12.6. The highest BCUT2D eigenvalue weighted by Gasteiger charge is 2.54. The number of nitrogens with two attached hydrogens (primary N) is 1. The normalized spacial score (nSPS) is 24.6. The second-order valence-electron chi connectivity index (χ2n) is 6.72. The summed E-state index contributed by atoms with van der Waals surface area (Å²) in [5, 5.41) is 29.6. The Morgan fingerprint density at radius 3 is 2.54 bits per heavy atom. The molecule has 0 fully saturated rings. The van der Waals surface area contributed by atoms with Gasteiger partial charge in [0.1, 0.15) is 6.07 Å². The molecule has 0 saturated heterocycles. The zero-order valence-corrected chi connectivity index (χ0v) is 14.7. The van der Waals surface area contributed by atoms with E-state index in [1.165, 1.54) is 0 Å². The minimum Gasteiger partial charge on any atom is -0.399 e. The molecular weight excluding hydrogens is 324 g/mol. The van der Waals surface area contributed by atoms with Crippen molar-refractivity contribution in [2.75, 3.05) is 19.6 Å². The standard InChI is InChI=1S/C20H20N6/c1-2-8-26-9-5-15-16(10-21)19(24)20(12-22,13-23)18(17(15)11-26)14-3-6-25-7-4-14/h3-7,17-18H,2,8-9,11,24H2,1H3/t17-,18+/m1/s1. The van der Waals surface area contributed by atoms with Crippen molar-refractivity contribution in [1.29, 1.82) is 15.8 Å². The summed E-state index contributed by atoms with van der Waals surface area (Å²) in [6.07, 6.45) is 6.36. The van der Waals surface area contributed by atoms with E-state index in [-0.39, 0.29) is 11.6 Å². The fourth-order valence-corrected chi connectivity index (χ4v) is 4.19. The van der Waals surface area contributed by atoms with Crippen LogP contribution < -0.4 is 5.73 Å². The first-order valence-electron chi connectivity index (χ1n) is 8.68. The van der Waals surface area contributed by atoms with Gasteiger partial charge in [-0.1, -0.05) is 13.0 Å². The molecule has 1 aromatic heterocycles. The minimum atomic E-state index is -1.57. The molecule has 2 heterocycles. The van der Waals surface area contributed by atoms with Crippen LogP contribution in [0.4, 0.5) is 0 Å². The molecule has 0 bridgehead atoms. The van der Waals surface area contributed by atoms with Crippen LogP contribution in [0.3, 0.4) is 0 Å². The summed E-state index contributed by atoms with van der Waals surface area (Å²) < 4.78 is 0. The summed E-state index contributed by atoms with van der Waals surface area (Å²) in [6.45, 7) is 4.48. The summed E-state index contributed by atoms with van der Waals surface area (Å²) in [4.78, 5) is 6.34. The van der Waals surface area contributed by atoms with Crippen LogP contribution in [0.25, 0.3) is 0 Å². The van der Waals surface area contributed by atoms with Crippen molar-refractivity contribution in [2.24, 2.45) is 17.1 Å². The number of pyridine rings is 1. The van der Waals surface area contributed by atoms with Gasteiger partial charge < -0.3 is 5.73 Å². The SMILES string of the molecule is CCCN1CC=C2C(C#N)=C(N)C(C#N)(C#N)[C@@H](c3ccncc3)[C@@H]2C1. The molecule has 130 valence electrons. The van der Waals surface area contributed by atoms with E-state index < -0.39 is 11.3 Å². The molecule has 1 aliphatic heterocycles. The van der Waals surface area contributed by atoms with Crippen molar-refractivity contribution in [3.8, 4) is 18.2 Å². The molecule has 0 aromatic carbocycles. The van der Waals surface area contributed by atoms with E-state index in [0.717, 1.165) is 30.6 Å². The zero-order chi connectivity index (χ0) is 18.7. The number of hydrogen-bond acceptors (Lipinski definition) is 6. The lowest BCUT2D eigenvalue weighted by Crippen LogP contribution is -2.48. The van der Waals surface area contributed by atoms with Gasteiger partial charge in [0.25, 0.3) is 0 Å². The van der Waals surface area contributed by atoms with Gasteiger partial charge in [-0.15, -0.1) is 0 Å². The Bertz CT molecular complexity index is 864. The predicted molar refractivity (Wildman–Crippen MR) is 95.8 cm³/mol. The van der Waals surface area contributed by atoms with E-state index in [1.807, 2.05) is 18.2 Å². The first kappa shape index (κ1) is 17.7. The predicted octanol–water partition coefficient (Wildman–Crippen LogP) is 2.22. The Balaban J connectivity index is 2.26. The highest BCUT2D eigenvalue weighted by atomic mass is 15.1. The van der Waals surface area contributed by atoms with E-state index in [1.54, 1.807) is 12.4 Å². The van der Waals surface area contributed by atoms with E-state index >= 15 is 0 Å². The lowest BCUT2D eigenvalue weighted by Gasteiger charge is -2.45. The van der Waals surface area contributed by atoms with Gasteiger partial charge in [-0.05, 0) is 36.2 Å². The number of allylic oxidation sites excluding steroid dienone is 2. The molecule has 2 atom stereocenters. The highest BCUT2D eigenvalue weighted by molar-refractivity contribution is 5.59. The third-order valence-electron chi connectivity index (χ3n) is 5.35. The molecule has 1 aromatic rings. The second kappa shape index (κ2) is 7.00. The van der Waals surface area contributed by atoms with Crippen molar-refractivity contribution in [3.63, 3.8) is 0 Å². The van der Waals surface area contributed by atoms with Crippen LogP contribution in [0.5, 0.6) is 0 Å². The van der Waals surface area contributed by atoms with Crippen LogP contribution in [-0.4, -0.2) is 29.5 Å². The quantitative estimate of drug-likeness (QED) is 0.899. The van der Waals surface area contributed by atoms with Crippen molar-refractivity contribution >= 4 is 0 Å². The number of fused-ring (bicyclic) bond motifs is 1. The van der Waals surface area contributed by atoms with Crippen LogP contribution in [-0.2, 0) is 0 Å². The average Bonchev–Trinajstić information content (AvgIpc) is 2.68. The van der Waals surface area contributed by atoms with Gasteiger partial charge in [-0.25, -0.2) is 0 Å². The van der Waals surface area contributed by atoms with Gasteiger partial charge in [0, 0.05) is 37.3 Å². The molecule has 0 radical (unpaired) electrons. The average molecular weight is 344 g/mol. The molecule has 0 amide bonds. The van der Waals surface area contributed by atoms with Crippen molar-refractivity contribution in [3.05, 3.63) is 53.0 Å². The molecule has 0 saturated carbocycles. The number of nitrogens with zero attached hydrogens (tertiary/aromatic N) is 5. The monoisotopic (exact) mass is 344 g/mol. The van der Waals surface area contributed by atoms with Crippen molar-refractivity contribution < 1.29 is 0 Å².